The molecule has 2 rings (SSSR count). The predicted octanol–water partition coefficient (Wildman–Crippen LogP) is 1.91. The number of benzene rings is 2. The molecule has 2 aromatic rings. The highest BCUT2D eigenvalue weighted by atomic mass is 16.3. The van der Waals surface area contributed by atoms with Gasteiger partial charge < -0.3 is 16.2 Å². The number of aromatic hydroxyl groups is 1. The first-order chi connectivity index (χ1) is 10.5. The van der Waals surface area contributed by atoms with Crippen LogP contribution in [0.15, 0.2) is 48.5 Å². The van der Waals surface area contributed by atoms with Crippen LogP contribution in [0.1, 0.15) is 34.5 Å². The minimum atomic E-state index is -0.484. The molecule has 2 aromatic carbocycles. The van der Waals surface area contributed by atoms with Gasteiger partial charge in [0.25, 0.3) is 0 Å². The van der Waals surface area contributed by atoms with Crippen LogP contribution in [-0.4, -0.2) is 16.9 Å². The van der Waals surface area contributed by atoms with Crippen LogP contribution in [0.5, 0.6) is 5.75 Å². The van der Waals surface area contributed by atoms with Gasteiger partial charge in [0.1, 0.15) is 5.75 Å². The minimum absolute atomic E-state index is 0.108. The zero-order valence-electron chi connectivity index (χ0n) is 12.2. The maximum atomic E-state index is 12.0. The fourth-order valence-electron chi connectivity index (χ4n) is 2.15. The van der Waals surface area contributed by atoms with Gasteiger partial charge in [-0.05, 0) is 30.7 Å². The average Bonchev–Trinajstić information content (AvgIpc) is 2.49. The summed E-state index contributed by atoms with van der Waals surface area (Å²) >= 11 is 0. The number of rotatable bonds is 5. The van der Waals surface area contributed by atoms with E-state index in [1.165, 1.54) is 0 Å². The normalized spacial score (nSPS) is 11.7. The van der Waals surface area contributed by atoms with Gasteiger partial charge in [0, 0.05) is 11.1 Å². The number of carbonyl (C=O) groups excluding carboxylic acids is 2. The Hall–Kier alpha value is -2.82. The van der Waals surface area contributed by atoms with Gasteiger partial charge in [-0.15, -0.1) is 0 Å². The number of phenols is 1. The zero-order valence-corrected chi connectivity index (χ0v) is 12.2. The number of primary amides is 1. The molecule has 0 aromatic heterocycles. The number of amides is 2. The number of para-hydroxylation sites is 1. The Bertz CT molecular complexity index is 681. The molecule has 2 amide bonds. The summed E-state index contributed by atoms with van der Waals surface area (Å²) in [5, 5.41) is 12.5. The molecule has 0 aliphatic carbocycles. The van der Waals surface area contributed by atoms with Gasteiger partial charge in [-0.2, -0.15) is 0 Å². The van der Waals surface area contributed by atoms with Crippen molar-refractivity contribution in [3.05, 3.63) is 65.2 Å². The SMILES string of the molecule is CC(NC(=O)Cc1ccccc1O)c1ccc(C(N)=O)cc1. The number of nitrogens with one attached hydrogen (secondary N) is 1. The summed E-state index contributed by atoms with van der Waals surface area (Å²) in [7, 11) is 0. The van der Waals surface area contributed by atoms with E-state index in [2.05, 4.69) is 5.32 Å². The molecule has 1 atom stereocenters. The van der Waals surface area contributed by atoms with Gasteiger partial charge in [-0.1, -0.05) is 30.3 Å². The average molecular weight is 298 g/mol. The highest BCUT2D eigenvalue weighted by Gasteiger charge is 2.12. The first kappa shape index (κ1) is 15.6. The second-order valence-corrected chi connectivity index (χ2v) is 5.08. The molecule has 0 bridgehead atoms. The van der Waals surface area contributed by atoms with Crippen molar-refractivity contribution in [2.75, 3.05) is 0 Å². The summed E-state index contributed by atoms with van der Waals surface area (Å²) in [4.78, 5) is 23.1. The molecule has 0 aliphatic rings. The summed E-state index contributed by atoms with van der Waals surface area (Å²) < 4.78 is 0. The standard InChI is InChI=1S/C17H18N2O3/c1-11(12-6-8-13(9-7-12)17(18)22)19-16(21)10-14-4-2-3-5-15(14)20/h2-9,11,20H,10H2,1H3,(H2,18,22)(H,19,21). The van der Waals surface area contributed by atoms with E-state index in [4.69, 9.17) is 5.73 Å². The van der Waals surface area contributed by atoms with Crippen molar-refractivity contribution in [2.24, 2.45) is 5.73 Å². The van der Waals surface area contributed by atoms with Gasteiger partial charge in [-0.25, -0.2) is 0 Å². The first-order valence-electron chi connectivity index (χ1n) is 6.93. The molecule has 1 unspecified atom stereocenters. The van der Waals surface area contributed by atoms with Crippen LogP contribution >= 0.6 is 0 Å². The molecule has 0 heterocycles. The fraction of sp³-hybridized carbons (Fsp3) is 0.176. The lowest BCUT2D eigenvalue weighted by atomic mass is 10.0. The van der Waals surface area contributed by atoms with Crippen LogP contribution in [0.3, 0.4) is 0 Å². The fourth-order valence-corrected chi connectivity index (χ4v) is 2.15. The summed E-state index contributed by atoms with van der Waals surface area (Å²) in [5.74, 6) is -0.563. The maximum Gasteiger partial charge on any atom is 0.248 e. The van der Waals surface area contributed by atoms with Gasteiger partial charge in [0.05, 0.1) is 12.5 Å². The molecule has 4 N–H and O–H groups in total. The number of hydrogen-bond donors (Lipinski definition) is 3. The molecular formula is C17H18N2O3. The molecule has 0 spiro atoms. The maximum absolute atomic E-state index is 12.0. The summed E-state index contributed by atoms with van der Waals surface area (Å²) in [6.45, 7) is 1.85. The molecule has 0 aliphatic heterocycles. The quantitative estimate of drug-likeness (QED) is 0.787. The lowest BCUT2D eigenvalue weighted by molar-refractivity contribution is -0.121. The third-order valence-corrected chi connectivity index (χ3v) is 3.42. The van der Waals surface area contributed by atoms with E-state index >= 15 is 0 Å². The monoisotopic (exact) mass is 298 g/mol. The lowest BCUT2D eigenvalue weighted by Gasteiger charge is -2.15. The van der Waals surface area contributed by atoms with Crippen LogP contribution in [0.25, 0.3) is 0 Å². The number of phenolic OH excluding ortho intramolecular Hbond substituents is 1. The van der Waals surface area contributed by atoms with E-state index in [0.29, 0.717) is 11.1 Å². The van der Waals surface area contributed by atoms with E-state index in [9.17, 15) is 14.7 Å². The van der Waals surface area contributed by atoms with Crippen LogP contribution in [0.4, 0.5) is 0 Å². The smallest absolute Gasteiger partial charge is 0.248 e. The van der Waals surface area contributed by atoms with E-state index < -0.39 is 5.91 Å². The van der Waals surface area contributed by atoms with Crippen LogP contribution in [0.2, 0.25) is 0 Å². The van der Waals surface area contributed by atoms with E-state index in [1.54, 1.807) is 48.5 Å². The van der Waals surface area contributed by atoms with Crippen molar-refractivity contribution in [3.8, 4) is 5.75 Å². The molecule has 5 heteroatoms. The molecule has 0 radical (unpaired) electrons. The van der Waals surface area contributed by atoms with E-state index in [0.717, 1.165) is 5.56 Å². The Morgan fingerprint density at radius 2 is 1.77 bits per heavy atom. The molecule has 0 saturated heterocycles. The second-order valence-electron chi connectivity index (χ2n) is 5.08. The molecule has 0 fully saturated rings. The first-order valence-corrected chi connectivity index (χ1v) is 6.93. The highest BCUT2D eigenvalue weighted by molar-refractivity contribution is 5.92. The van der Waals surface area contributed by atoms with E-state index in [-0.39, 0.29) is 24.1 Å². The highest BCUT2D eigenvalue weighted by Crippen LogP contribution is 2.17. The van der Waals surface area contributed by atoms with Crippen LogP contribution in [0, 0.1) is 0 Å². The van der Waals surface area contributed by atoms with Gasteiger partial charge in [0.2, 0.25) is 11.8 Å². The summed E-state index contributed by atoms with van der Waals surface area (Å²) in [5.41, 5.74) is 7.07. The zero-order chi connectivity index (χ0) is 16.1. The number of nitrogens with two attached hydrogens (primary N) is 1. The van der Waals surface area contributed by atoms with Crippen molar-refractivity contribution >= 4 is 11.8 Å². The lowest BCUT2D eigenvalue weighted by Crippen LogP contribution is -2.28. The second kappa shape index (κ2) is 6.76. The van der Waals surface area contributed by atoms with Crippen molar-refractivity contribution < 1.29 is 14.7 Å². The van der Waals surface area contributed by atoms with Crippen LogP contribution in [-0.2, 0) is 11.2 Å². The van der Waals surface area contributed by atoms with Crippen molar-refractivity contribution in [2.45, 2.75) is 19.4 Å². The van der Waals surface area contributed by atoms with Crippen molar-refractivity contribution in [3.63, 3.8) is 0 Å². The molecule has 5 nitrogen and oxygen atoms in total. The Morgan fingerprint density at radius 3 is 2.36 bits per heavy atom. The van der Waals surface area contributed by atoms with Gasteiger partial charge in [-0.3, -0.25) is 9.59 Å². The molecule has 114 valence electrons. The molecule has 0 saturated carbocycles. The number of carbonyl (C=O) groups is 2. The third kappa shape index (κ3) is 3.85. The topological polar surface area (TPSA) is 92.4 Å². The third-order valence-electron chi connectivity index (χ3n) is 3.42. The Morgan fingerprint density at radius 1 is 1.14 bits per heavy atom. The van der Waals surface area contributed by atoms with Gasteiger partial charge in [0.15, 0.2) is 0 Å². The van der Waals surface area contributed by atoms with Gasteiger partial charge >= 0.3 is 0 Å². The molecular weight excluding hydrogens is 280 g/mol. The largest absolute Gasteiger partial charge is 0.508 e. The van der Waals surface area contributed by atoms with E-state index in [1.807, 2.05) is 6.92 Å². The summed E-state index contributed by atoms with van der Waals surface area (Å²) in [6, 6.07) is 13.3. The Labute approximate surface area is 128 Å². The predicted molar refractivity (Wildman–Crippen MR) is 83.3 cm³/mol. The summed E-state index contributed by atoms with van der Waals surface area (Å²) in [6.07, 6.45) is 0.108. The van der Waals surface area contributed by atoms with Crippen LogP contribution < -0.4 is 11.1 Å². The Kier molecular flexibility index (Phi) is 4.78. The van der Waals surface area contributed by atoms with Crippen molar-refractivity contribution in [1.82, 2.24) is 5.32 Å². The number of hydrogen-bond acceptors (Lipinski definition) is 3. The van der Waals surface area contributed by atoms with Crippen molar-refractivity contribution in [1.29, 1.82) is 0 Å². The minimum Gasteiger partial charge on any atom is -0.508 e. The molecule has 22 heavy (non-hydrogen) atoms. The Balaban J connectivity index is 1.99.